The summed E-state index contributed by atoms with van der Waals surface area (Å²) in [6.07, 6.45) is 7.74. The number of ketones is 1. The van der Waals surface area contributed by atoms with E-state index >= 15 is 0 Å². The summed E-state index contributed by atoms with van der Waals surface area (Å²) in [5, 5.41) is 3.36. The molecule has 0 aromatic carbocycles. The van der Waals surface area contributed by atoms with Gasteiger partial charge < -0.3 is 19.7 Å². The summed E-state index contributed by atoms with van der Waals surface area (Å²) >= 11 is 0. The van der Waals surface area contributed by atoms with Crippen LogP contribution in [0.1, 0.15) is 71.6 Å². The molecule has 1 saturated carbocycles. The molecule has 1 aliphatic carbocycles. The Morgan fingerprint density at radius 3 is 2.42 bits per heavy atom. The zero-order chi connectivity index (χ0) is 24.1. The molecular weight excluding hydrogens is 422 g/mol. The molecular formula is C25H43N3O5. The van der Waals surface area contributed by atoms with Crippen molar-refractivity contribution < 1.29 is 23.9 Å². The normalized spacial score (nSPS) is 30.7. The molecule has 3 fully saturated rings. The Labute approximate surface area is 198 Å². The fraction of sp³-hybridized carbons (Fsp3) is 0.880. The third-order valence-electron chi connectivity index (χ3n) is 8.42. The molecule has 33 heavy (non-hydrogen) atoms. The number of carbonyl (C=O) groups is 3. The van der Waals surface area contributed by atoms with Crippen LogP contribution in [0.2, 0.25) is 0 Å². The number of piperidine rings is 1. The molecule has 3 rings (SSSR count). The number of carbonyl (C=O) groups excluding carboxylic acids is 3. The fourth-order valence-corrected chi connectivity index (χ4v) is 5.09. The van der Waals surface area contributed by atoms with Gasteiger partial charge in [0.15, 0.2) is 0 Å². The molecule has 2 saturated heterocycles. The van der Waals surface area contributed by atoms with Crippen LogP contribution in [0, 0.1) is 5.92 Å². The molecule has 0 bridgehead atoms. The van der Waals surface area contributed by atoms with Crippen molar-refractivity contribution in [2.45, 2.75) is 88.8 Å². The quantitative estimate of drug-likeness (QED) is 0.503. The van der Waals surface area contributed by atoms with Gasteiger partial charge in [-0.05, 0) is 72.4 Å². The predicted octanol–water partition coefficient (Wildman–Crippen LogP) is 2.15. The van der Waals surface area contributed by atoms with Crippen molar-refractivity contribution in [1.82, 2.24) is 15.1 Å². The number of rotatable bonds is 4. The highest BCUT2D eigenvalue weighted by atomic mass is 16.5. The van der Waals surface area contributed by atoms with Crippen molar-refractivity contribution in [3.63, 3.8) is 0 Å². The van der Waals surface area contributed by atoms with Crippen LogP contribution in [0.4, 0.5) is 0 Å². The minimum absolute atomic E-state index is 0.0932. The van der Waals surface area contributed by atoms with Crippen molar-refractivity contribution >= 4 is 17.7 Å². The van der Waals surface area contributed by atoms with Gasteiger partial charge in [-0.2, -0.15) is 0 Å². The van der Waals surface area contributed by atoms with Gasteiger partial charge in [0.05, 0.1) is 17.7 Å². The maximum Gasteiger partial charge on any atom is 0.316 e. The van der Waals surface area contributed by atoms with E-state index in [4.69, 9.17) is 9.47 Å². The second-order valence-corrected chi connectivity index (χ2v) is 10.6. The molecule has 1 spiro atoms. The van der Waals surface area contributed by atoms with Gasteiger partial charge in [0, 0.05) is 32.7 Å². The van der Waals surface area contributed by atoms with Crippen LogP contribution in [0.15, 0.2) is 0 Å². The van der Waals surface area contributed by atoms with Gasteiger partial charge in [0.1, 0.15) is 18.3 Å². The highest BCUT2D eigenvalue weighted by Crippen LogP contribution is 2.31. The number of esters is 1. The number of nitrogens with zero attached hydrogens (tertiary/aromatic N) is 2. The molecule has 0 aromatic heterocycles. The molecule has 188 valence electrons. The summed E-state index contributed by atoms with van der Waals surface area (Å²) < 4.78 is 11.5. The van der Waals surface area contributed by atoms with Gasteiger partial charge >= 0.3 is 5.97 Å². The topological polar surface area (TPSA) is 88.2 Å². The number of cyclic esters (lactones) is 1. The molecule has 2 atom stereocenters. The molecule has 8 nitrogen and oxygen atoms in total. The fourth-order valence-electron chi connectivity index (χ4n) is 5.09. The second-order valence-electron chi connectivity index (χ2n) is 10.6. The third-order valence-corrected chi connectivity index (χ3v) is 8.42. The van der Waals surface area contributed by atoms with Gasteiger partial charge in [0.2, 0.25) is 5.91 Å². The summed E-state index contributed by atoms with van der Waals surface area (Å²) in [4.78, 5) is 42.2. The maximum absolute atomic E-state index is 12.7. The lowest BCUT2D eigenvalue weighted by Crippen LogP contribution is -2.59. The van der Waals surface area contributed by atoms with Crippen LogP contribution < -0.4 is 5.32 Å². The molecule has 0 aromatic rings. The van der Waals surface area contributed by atoms with Crippen molar-refractivity contribution in [3.8, 4) is 0 Å². The predicted molar refractivity (Wildman–Crippen MR) is 126 cm³/mol. The summed E-state index contributed by atoms with van der Waals surface area (Å²) in [7, 11) is 3.78. The molecule has 1 unspecified atom stereocenters. The molecule has 2 aliphatic heterocycles. The van der Waals surface area contributed by atoms with Crippen LogP contribution in [-0.4, -0.2) is 91.6 Å². The number of hydrogen-bond donors (Lipinski definition) is 1. The highest BCUT2D eigenvalue weighted by Gasteiger charge is 2.41. The van der Waals surface area contributed by atoms with Gasteiger partial charge in [-0.1, -0.05) is 6.42 Å². The summed E-state index contributed by atoms with van der Waals surface area (Å²) in [6.45, 7) is 6.48. The smallest absolute Gasteiger partial charge is 0.316 e. The summed E-state index contributed by atoms with van der Waals surface area (Å²) in [5.41, 5.74) is -0.710. The SMILES string of the molecule is CO[C@]1(C)CCCN(C)C2(CCN(C(=O)CNC3CCC3)CC2)COC(=O)C(C)C(=O)CC1. The molecule has 2 heterocycles. The van der Waals surface area contributed by atoms with Gasteiger partial charge in [-0.3, -0.25) is 19.3 Å². The largest absolute Gasteiger partial charge is 0.463 e. The number of likely N-dealkylation sites (tertiary alicyclic amines) is 1. The lowest BCUT2D eigenvalue weighted by molar-refractivity contribution is -0.157. The van der Waals surface area contributed by atoms with E-state index in [9.17, 15) is 14.4 Å². The zero-order valence-electron chi connectivity index (χ0n) is 21.0. The Morgan fingerprint density at radius 2 is 1.82 bits per heavy atom. The number of amides is 1. The van der Waals surface area contributed by atoms with E-state index in [1.807, 2.05) is 11.8 Å². The first-order valence-electron chi connectivity index (χ1n) is 12.6. The molecule has 3 aliphatic rings. The van der Waals surface area contributed by atoms with Crippen LogP contribution in [-0.2, 0) is 23.9 Å². The van der Waals surface area contributed by atoms with Gasteiger partial charge in [0.25, 0.3) is 0 Å². The first kappa shape index (κ1) is 26.1. The first-order valence-corrected chi connectivity index (χ1v) is 12.6. The lowest BCUT2D eigenvalue weighted by Gasteiger charge is -2.47. The van der Waals surface area contributed by atoms with Crippen LogP contribution in [0.5, 0.6) is 0 Å². The minimum Gasteiger partial charge on any atom is -0.463 e. The third kappa shape index (κ3) is 6.55. The Hall–Kier alpha value is -1.51. The van der Waals surface area contributed by atoms with E-state index in [-0.39, 0.29) is 29.4 Å². The Bertz CT molecular complexity index is 702. The Balaban J connectivity index is 1.65. The van der Waals surface area contributed by atoms with E-state index in [2.05, 4.69) is 17.3 Å². The Morgan fingerprint density at radius 1 is 1.12 bits per heavy atom. The average molecular weight is 466 g/mol. The molecule has 1 N–H and O–H groups in total. The summed E-state index contributed by atoms with van der Waals surface area (Å²) in [6, 6.07) is 0.494. The van der Waals surface area contributed by atoms with Crippen molar-refractivity contribution in [3.05, 3.63) is 0 Å². The van der Waals surface area contributed by atoms with Crippen molar-refractivity contribution in [2.24, 2.45) is 5.92 Å². The Kier molecular flexibility index (Phi) is 8.92. The highest BCUT2D eigenvalue weighted by molar-refractivity contribution is 5.98. The standard InChI is InChI=1S/C25H43N3O5/c1-19-21(29)9-11-24(2,32-4)10-6-14-27(3)25(18-33-23(19)31)12-15-28(16-13-25)22(30)17-26-20-7-5-8-20/h19-20,26H,5-18H2,1-4H3/t19?,24-/m1/s1. The lowest BCUT2D eigenvalue weighted by atomic mass is 9.85. The maximum atomic E-state index is 12.7. The van der Waals surface area contributed by atoms with Crippen LogP contribution >= 0.6 is 0 Å². The van der Waals surface area contributed by atoms with E-state index in [0.29, 0.717) is 38.5 Å². The number of methoxy groups -OCH3 is 1. The number of Topliss-reactive ketones (excluding diaryl/α,β-unsaturated/α-hetero) is 1. The van der Waals surface area contributed by atoms with Crippen LogP contribution in [0.3, 0.4) is 0 Å². The first-order chi connectivity index (χ1) is 15.7. The zero-order valence-corrected chi connectivity index (χ0v) is 21.0. The van der Waals surface area contributed by atoms with Crippen molar-refractivity contribution in [1.29, 1.82) is 0 Å². The van der Waals surface area contributed by atoms with Gasteiger partial charge in [-0.15, -0.1) is 0 Å². The molecule has 0 radical (unpaired) electrons. The number of nitrogens with one attached hydrogen (secondary N) is 1. The summed E-state index contributed by atoms with van der Waals surface area (Å²) in [5.74, 6) is -1.16. The van der Waals surface area contributed by atoms with E-state index in [1.54, 1.807) is 14.0 Å². The number of ether oxygens (including phenoxy) is 2. The average Bonchev–Trinajstić information content (AvgIpc) is 2.79. The number of hydrogen-bond acceptors (Lipinski definition) is 7. The van der Waals surface area contributed by atoms with Crippen LogP contribution in [0.25, 0.3) is 0 Å². The minimum atomic E-state index is -0.770. The monoisotopic (exact) mass is 465 g/mol. The van der Waals surface area contributed by atoms with Crippen molar-refractivity contribution in [2.75, 3.05) is 46.9 Å². The molecule has 1 amide bonds. The number of likely N-dealkylation sites (N-methyl/N-ethyl adjacent to an activating group) is 1. The van der Waals surface area contributed by atoms with E-state index in [1.165, 1.54) is 6.42 Å². The second kappa shape index (κ2) is 11.3. The van der Waals surface area contributed by atoms with E-state index in [0.717, 1.165) is 45.1 Å². The van der Waals surface area contributed by atoms with Gasteiger partial charge in [-0.25, -0.2) is 0 Å². The van der Waals surface area contributed by atoms with E-state index < -0.39 is 11.9 Å². The molecule has 8 heteroatoms.